The molecule has 0 spiro atoms. The normalized spacial score (nSPS) is 10.9. The van der Waals surface area contributed by atoms with Crippen molar-refractivity contribution in [1.82, 2.24) is 9.78 Å². The van der Waals surface area contributed by atoms with Crippen LogP contribution in [0.2, 0.25) is 0 Å². The summed E-state index contributed by atoms with van der Waals surface area (Å²) in [5, 5.41) is 4.33. The summed E-state index contributed by atoms with van der Waals surface area (Å²) in [7, 11) is 0. The molecule has 0 aliphatic rings. The lowest BCUT2D eigenvalue weighted by Crippen LogP contribution is -1.91. The van der Waals surface area contributed by atoms with Gasteiger partial charge in [-0.2, -0.15) is 5.10 Å². The van der Waals surface area contributed by atoms with Crippen molar-refractivity contribution in [3.05, 3.63) is 29.6 Å². The highest BCUT2D eigenvalue weighted by molar-refractivity contribution is 5.51. The fourth-order valence-corrected chi connectivity index (χ4v) is 1.15. The second-order valence-corrected chi connectivity index (χ2v) is 2.73. The Hall–Kier alpha value is -1.31. The summed E-state index contributed by atoms with van der Waals surface area (Å²) in [4.78, 5) is 0. The second-order valence-electron chi connectivity index (χ2n) is 2.73. The van der Waals surface area contributed by atoms with Gasteiger partial charge in [-0.1, -0.05) is 12.7 Å². The molecular weight excluding hydrogens is 148 g/mol. The average molecular weight is 162 g/mol. The highest BCUT2D eigenvalue weighted by Crippen LogP contribution is 2.13. The van der Waals surface area contributed by atoms with E-state index in [0.717, 1.165) is 11.4 Å². The molecule has 12 heavy (non-hydrogen) atoms. The van der Waals surface area contributed by atoms with Crippen LogP contribution in [0.4, 0.5) is 0 Å². The Balaban J connectivity index is 3.28. The molecule has 1 heterocycles. The summed E-state index contributed by atoms with van der Waals surface area (Å²) in [5.41, 5.74) is 3.33. The monoisotopic (exact) mass is 162 g/mol. The molecule has 1 aromatic heterocycles. The molecule has 64 valence electrons. The molecule has 0 atom stereocenters. The number of aromatic nitrogens is 2. The van der Waals surface area contributed by atoms with Crippen molar-refractivity contribution in [2.45, 2.75) is 20.8 Å². The second kappa shape index (κ2) is 3.39. The van der Waals surface area contributed by atoms with Crippen LogP contribution in [0, 0.1) is 13.8 Å². The molecule has 2 heteroatoms. The number of aryl methyl sites for hydroxylation is 1. The van der Waals surface area contributed by atoms with Gasteiger partial charge in [0.2, 0.25) is 0 Å². The molecule has 0 saturated carbocycles. The van der Waals surface area contributed by atoms with E-state index in [1.54, 1.807) is 0 Å². The summed E-state index contributed by atoms with van der Waals surface area (Å²) in [6, 6.07) is 0. The minimum absolute atomic E-state index is 1.06. The fraction of sp³-hybridized carbons (Fsp3) is 0.300. The van der Waals surface area contributed by atoms with Gasteiger partial charge < -0.3 is 0 Å². The lowest BCUT2D eigenvalue weighted by atomic mass is 10.2. The Labute approximate surface area is 73.2 Å². The van der Waals surface area contributed by atoms with Gasteiger partial charge in [-0.25, -0.2) is 4.68 Å². The van der Waals surface area contributed by atoms with Crippen LogP contribution in [0.3, 0.4) is 0 Å². The van der Waals surface area contributed by atoms with Gasteiger partial charge in [0, 0.05) is 6.20 Å². The van der Waals surface area contributed by atoms with Crippen molar-refractivity contribution in [1.29, 1.82) is 0 Å². The quantitative estimate of drug-likeness (QED) is 0.653. The SMILES string of the molecule is C=Cc1c(C)c(C)nn1C=CC. The standard InChI is InChI=1S/C10H14N2/c1-5-7-12-10(6-2)8(3)9(4)11-12/h5-7H,2H2,1,3-4H3. The van der Waals surface area contributed by atoms with E-state index in [-0.39, 0.29) is 0 Å². The molecule has 0 fully saturated rings. The summed E-state index contributed by atoms with van der Waals surface area (Å²) in [6.07, 6.45) is 5.71. The van der Waals surface area contributed by atoms with Gasteiger partial charge in [-0.3, -0.25) is 0 Å². The van der Waals surface area contributed by atoms with Gasteiger partial charge in [0.15, 0.2) is 0 Å². The van der Waals surface area contributed by atoms with Crippen molar-refractivity contribution in [2.24, 2.45) is 0 Å². The minimum Gasteiger partial charge on any atom is -0.241 e. The molecule has 0 N–H and O–H groups in total. The molecule has 1 aromatic rings. The third kappa shape index (κ3) is 1.33. The van der Waals surface area contributed by atoms with E-state index in [4.69, 9.17) is 0 Å². The Morgan fingerprint density at radius 3 is 2.58 bits per heavy atom. The van der Waals surface area contributed by atoms with Gasteiger partial charge in [-0.15, -0.1) is 0 Å². The lowest BCUT2D eigenvalue weighted by molar-refractivity contribution is 0.902. The van der Waals surface area contributed by atoms with Crippen molar-refractivity contribution in [2.75, 3.05) is 0 Å². The van der Waals surface area contributed by atoms with Crippen molar-refractivity contribution in [3.8, 4) is 0 Å². The average Bonchev–Trinajstić information content (AvgIpc) is 2.29. The van der Waals surface area contributed by atoms with E-state index in [0.29, 0.717) is 0 Å². The predicted molar refractivity (Wildman–Crippen MR) is 52.8 cm³/mol. The van der Waals surface area contributed by atoms with Crippen LogP contribution in [0.5, 0.6) is 0 Å². The van der Waals surface area contributed by atoms with Crippen LogP contribution in [0.15, 0.2) is 12.7 Å². The molecule has 0 radical (unpaired) electrons. The fourth-order valence-electron chi connectivity index (χ4n) is 1.15. The zero-order chi connectivity index (χ0) is 9.14. The van der Waals surface area contributed by atoms with Crippen LogP contribution in [0.25, 0.3) is 12.3 Å². The molecule has 0 aliphatic carbocycles. The predicted octanol–water partition coefficient (Wildman–Crippen LogP) is 2.63. The summed E-state index contributed by atoms with van der Waals surface area (Å²) in [5.74, 6) is 0. The van der Waals surface area contributed by atoms with Crippen LogP contribution in [-0.2, 0) is 0 Å². The Morgan fingerprint density at radius 1 is 1.42 bits per heavy atom. The maximum Gasteiger partial charge on any atom is 0.0687 e. The Bertz CT molecular complexity index is 319. The van der Waals surface area contributed by atoms with Gasteiger partial charge in [0.1, 0.15) is 0 Å². The van der Waals surface area contributed by atoms with E-state index in [2.05, 4.69) is 18.6 Å². The number of hydrogen-bond acceptors (Lipinski definition) is 1. The highest BCUT2D eigenvalue weighted by atomic mass is 15.3. The first kappa shape index (κ1) is 8.78. The molecule has 0 aliphatic heterocycles. The topological polar surface area (TPSA) is 17.8 Å². The maximum absolute atomic E-state index is 4.33. The number of nitrogens with zero attached hydrogens (tertiary/aromatic N) is 2. The van der Waals surface area contributed by atoms with E-state index in [9.17, 15) is 0 Å². The molecule has 0 bridgehead atoms. The summed E-state index contributed by atoms with van der Waals surface area (Å²) < 4.78 is 1.84. The molecule has 0 unspecified atom stereocenters. The van der Waals surface area contributed by atoms with Gasteiger partial charge in [0.05, 0.1) is 11.4 Å². The lowest BCUT2D eigenvalue weighted by Gasteiger charge is -1.95. The Kier molecular flexibility index (Phi) is 2.48. The molecule has 2 nitrogen and oxygen atoms in total. The maximum atomic E-state index is 4.33. The van der Waals surface area contributed by atoms with Crippen LogP contribution in [-0.4, -0.2) is 9.78 Å². The summed E-state index contributed by atoms with van der Waals surface area (Å²) in [6.45, 7) is 9.78. The first-order valence-corrected chi connectivity index (χ1v) is 4.01. The largest absolute Gasteiger partial charge is 0.241 e. The molecule has 1 rings (SSSR count). The minimum atomic E-state index is 1.06. The molecule has 0 saturated heterocycles. The molecular formula is C10H14N2. The highest BCUT2D eigenvalue weighted by Gasteiger charge is 2.05. The zero-order valence-corrected chi connectivity index (χ0v) is 7.83. The third-order valence-electron chi connectivity index (χ3n) is 1.92. The first-order chi connectivity index (χ1) is 5.70. The van der Waals surface area contributed by atoms with Gasteiger partial charge in [0.25, 0.3) is 0 Å². The summed E-state index contributed by atoms with van der Waals surface area (Å²) >= 11 is 0. The van der Waals surface area contributed by atoms with E-state index in [1.807, 2.05) is 36.9 Å². The molecule has 0 amide bonds. The van der Waals surface area contributed by atoms with Crippen molar-refractivity contribution < 1.29 is 0 Å². The van der Waals surface area contributed by atoms with Gasteiger partial charge >= 0.3 is 0 Å². The first-order valence-electron chi connectivity index (χ1n) is 4.01. The number of allylic oxidation sites excluding steroid dienone is 1. The van der Waals surface area contributed by atoms with Crippen molar-refractivity contribution in [3.63, 3.8) is 0 Å². The van der Waals surface area contributed by atoms with E-state index >= 15 is 0 Å². The van der Waals surface area contributed by atoms with Crippen LogP contribution < -0.4 is 0 Å². The van der Waals surface area contributed by atoms with Crippen LogP contribution >= 0.6 is 0 Å². The number of hydrogen-bond donors (Lipinski definition) is 0. The number of rotatable bonds is 2. The van der Waals surface area contributed by atoms with E-state index in [1.165, 1.54) is 5.56 Å². The molecule has 0 aromatic carbocycles. The third-order valence-corrected chi connectivity index (χ3v) is 1.92. The zero-order valence-electron chi connectivity index (χ0n) is 7.83. The van der Waals surface area contributed by atoms with Crippen molar-refractivity contribution >= 4 is 12.3 Å². The van der Waals surface area contributed by atoms with Crippen LogP contribution in [0.1, 0.15) is 23.9 Å². The Morgan fingerprint density at radius 2 is 2.08 bits per heavy atom. The van der Waals surface area contributed by atoms with E-state index < -0.39 is 0 Å². The smallest absolute Gasteiger partial charge is 0.0687 e. The van der Waals surface area contributed by atoms with Gasteiger partial charge in [-0.05, 0) is 32.4 Å².